The number of nitrogens with zero attached hydrogens (tertiary/aromatic N) is 5. The van der Waals surface area contributed by atoms with Crippen LogP contribution in [0.15, 0.2) is 17.9 Å². The molecular formula is C12H16N6S. The van der Waals surface area contributed by atoms with Crippen molar-refractivity contribution < 1.29 is 0 Å². The van der Waals surface area contributed by atoms with Gasteiger partial charge in [-0.05, 0) is 6.92 Å². The second kappa shape index (κ2) is 5.10. The lowest BCUT2D eigenvalue weighted by atomic mass is 10.3. The molecule has 19 heavy (non-hydrogen) atoms. The number of thiazole rings is 1. The minimum Gasteiger partial charge on any atom is -0.321 e. The lowest BCUT2D eigenvalue weighted by Crippen LogP contribution is -2.19. The van der Waals surface area contributed by atoms with E-state index in [1.807, 2.05) is 11.6 Å². The van der Waals surface area contributed by atoms with Crippen LogP contribution in [0.5, 0.6) is 0 Å². The van der Waals surface area contributed by atoms with Crippen LogP contribution in [0.4, 0.5) is 0 Å². The standard InChI is InChI=1S/C12H16N6S/c1-9-10(18-5-6-19-12(18)15-9)7-13-4-3-11-16-14-8-17(11)2/h5-6,8,13H,3-4,7H2,1-2H3. The van der Waals surface area contributed by atoms with Gasteiger partial charge in [-0.25, -0.2) is 4.98 Å². The first-order valence-electron chi connectivity index (χ1n) is 6.20. The number of imidazole rings is 1. The minimum atomic E-state index is 0.821. The van der Waals surface area contributed by atoms with Crippen LogP contribution < -0.4 is 5.32 Å². The van der Waals surface area contributed by atoms with E-state index in [4.69, 9.17) is 0 Å². The van der Waals surface area contributed by atoms with Gasteiger partial charge in [0, 0.05) is 38.1 Å². The van der Waals surface area contributed by atoms with Gasteiger partial charge >= 0.3 is 0 Å². The first-order chi connectivity index (χ1) is 9.25. The Morgan fingerprint density at radius 2 is 2.32 bits per heavy atom. The maximum Gasteiger partial charge on any atom is 0.194 e. The SMILES string of the molecule is Cc1nc2sccn2c1CNCCc1nncn1C. The van der Waals surface area contributed by atoms with Crippen LogP contribution in [-0.4, -0.2) is 30.7 Å². The first-order valence-corrected chi connectivity index (χ1v) is 7.08. The summed E-state index contributed by atoms with van der Waals surface area (Å²) in [6.07, 6.45) is 4.67. The molecule has 0 aliphatic rings. The molecule has 0 unspecified atom stereocenters. The Morgan fingerprint density at radius 1 is 1.42 bits per heavy atom. The molecule has 0 aromatic carbocycles. The van der Waals surface area contributed by atoms with Crippen molar-refractivity contribution in [1.29, 1.82) is 0 Å². The summed E-state index contributed by atoms with van der Waals surface area (Å²) in [5.41, 5.74) is 2.33. The topological polar surface area (TPSA) is 60.0 Å². The third-order valence-electron chi connectivity index (χ3n) is 3.18. The number of hydrogen-bond donors (Lipinski definition) is 1. The number of aromatic nitrogens is 5. The quantitative estimate of drug-likeness (QED) is 0.711. The van der Waals surface area contributed by atoms with Gasteiger partial charge in [0.15, 0.2) is 4.96 Å². The van der Waals surface area contributed by atoms with E-state index in [1.54, 1.807) is 17.7 Å². The fourth-order valence-electron chi connectivity index (χ4n) is 2.09. The van der Waals surface area contributed by atoms with Crippen molar-refractivity contribution in [1.82, 2.24) is 29.5 Å². The van der Waals surface area contributed by atoms with Crippen LogP contribution >= 0.6 is 11.3 Å². The van der Waals surface area contributed by atoms with Crippen LogP contribution in [-0.2, 0) is 20.0 Å². The molecule has 0 fully saturated rings. The molecule has 0 saturated heterocycles. The van der Waals surface area contributed by atoms with Gasteiger partial charge in [0.05, 0.1) is 11.4 Å². The molecule has 0 bridgehead atoms. The molecular weight excluding hydrogens is 260 g/mol. The molecule has 3 rings (SSSR count). The van der Waals surface area contributed by atoms with E-state index in [0.29, 0.717) is 0 Å². The number of hydrogen-bond acceptors (Lipinski definition) is 5. The highest BCUT2D eigenvalue weighted by atomic mass is 32.1. The van der Waals surface area contributed by atoms with E-state index >= 15 is 0 Å². The van der Waals surface area contributed by atoms with Crippen LogP contribution in [0.1, 0.15) is 17.2 Å². The Labute approximate surface area is 115 Å². The molecule has 0 spiro atoms. The predicted molar refractivity (Wildman–Crippen MR) is 74.2 cm³/mol. The molecule has 3 aromatic rings. The average Bonchev–Trinajstić information content (AvgIpc) is 3.04. The van der Waals surface area contributed by atoms with Gasteiger partial charge < -0.3 is 9.88 Å². The van der Waals surface area contributed by atoms with Gasteiger partial charge in [-0.3, -0.25) is 4.40 Å². The fourth-order valence-corrected chi connectivity index (χ4v) is 2.87. The van der Waals surface area contributed by atoms with Gasteiger partial charge in [-0.15, -0.1) is 21.5 Å². The van der Waals surface area contributed by atoms with Crippen molar-refractivity contribution >= 4 is 16.3 Å². The Kier molecular flexibility index (Phi) is 3.31. The van der Waals surface area contributed by atoms with Gasteiger partial charge in [0.25, 0.3) is 0 Å². The Balaban J connectivity index is 1.59. The van der Waals surface area contributed by atoms with E-state index in [9.17, 15) is 0 Å². The Bertz CT molecular complexity index is 679. The number of fused-ring (bicyclic) bond motifs is 1. The van der Waals surface area contributed by atoms with Crippen molar-refractivity contribution in [3.05, 3.63) is 35.1 Å². The highest BCUT2D eigenvalue weighted by Crippen LogP contribution is 2.16. The summed E-state index contributed by atoms with van der Waals surface area (Å²) in [5.74, 6) is 0.998. The molecule has 0 aliphatic heterocycles. The van der Waals surface area contributed by atoms with Crippen molar-refractivity contribution in [3.63, 3.8) is 0 Å². The fraction of sp³-hybridized carbons (Fsp3) is 0.417. The highest BCUT2D eigenvalue weighted by molar-refractivity contribution is 7.15. The van der Waals surface area contributed by atoms with Crippen LogP contribution in [0, 0.1) is 6.92 Å². The smallest absolute Gasteiger partial charge is 0.194 e. The normalized spacial score (nSPS) is 11.5. The molecule has 0 atom stereocenters. The zero-order valence-corrected chi connectivity index (χ0v) is 11.8. The number of rotatable bonds is 5. The molecule has 0 saturated carbocycles. The summed E-state index contributed by atoms with van der Waals surface area (Å²) in [4.78, 5) is 5.59. The maximum atomic E-state index is 4.53. The summed E-state index contributed by atoms with van der Waals surface area (Å²) in [6.45, 7) is 3.75. The zero-order valence-electron chi connectivity index (χ0n) is 11.0. The molecule has 0 radical (unpaired) electrons. The molecule has 0 amide bonds. The summed E-state index contributed by atoms with van der Waals surface area (Å²) < 4.78 is 4.10. The molecule has 6 nitrogen and oxygen atoms in total. The predicted octanol–water partition coefficient (Wildman–Crippen LogP) is 1.17. The second-order valence-electron chi connectivity index (χ2n) is 4.48. The lowest BCUT2D eigenvalue weighted by Gasteiger charge is -2.04. The van der Waals surface area contributed by atoms with Crippen molar-refractivity contribution in [3.8, 4) is 0 Å². The van der Waals surface area contributed by atoms with E-state index < -0.39 is 0 Å². The van der Waals surface area contributed by atoms with E-state index in [-0.39, 0.29) is 0 Å². The summed E-state index contributed by atoms with van der Waals surface area (Å²) in [7, 11) is 1.96. The third kappa shape index (κ3) is 2.39. The molecule has 1 N–H and O–H groups in total. The van der Waals surface area contributed by atoms with Gasteiger partial charge in [0.1, 0.15) is 12.2 Å². The van der Waals surface area contributed by atoms with Gasteiger partial charge in [-0.1, -0.05) is 0 Å². The second-order valence-corrected chi connectivity index (χ2v) is 5.36. The van der Waals surface area contributed by atoms with Gasteiger partial charge in [0.2, 0.25) is 0 Å². The van der Waals surface area contributed by atoms with E-state index in [2.05, 4.69) is 43.4 Å². The van der Waals surface area contributed by atoms with E-state index in [0.717, 1.165) is 36.0 Å². The Morgan fingerprint density at radius 3 is 3.11 bits per heavy atom. The summed E-state index contributed by atoms with van der Waals surface area (Å²) >= 11 is 1.66. The zero-order chi connectivity index (χ0) is 13.2. The molecule has 3 heterocycles. The highest BCUT2D eigenvalue weighted by Gasteiger charge is 2.08. The van der Waals surface area contributed by atoms with Crippen LogP contribution in [0.25, 0.3) is 4.96 Å². The number of aryl methyl sites for hydroxylation is 2. The maximum absolute atomic E-state index is 4.53. The van der Waals surface area contributed by atoms with Crippen molar-refractivity contribution in [2.75, 3.05) is 6.54 Å². The van der Waals surface area contributed by atoms with E-state index in [1.165, 1.54) is 5.69 Å². The largest absolute Gasteiger partial charge is 0.321 e. The average molecular weight is 276 g/mol. The molecule has 100 valence electrons. The monoisotopic (exact) mass is 276 g/mol. The minimum absolute atomic E-state index is 0.821. The summed E-state index contributed by atoms with van der Waals surface area (Å²) in [5, 5.41) is 13.4. The third-order valence-corrected chi connectivity index (χ3v) is 3.94. The molecule has 3 aromatic heterocycles. The first kappa shape index (κ1) is 12.3. The van der Waals surface area contributed by atoms with Crippen LogP contribution in [0.3, 0.4) is 0 Å². The van der Waals surface area contributed by atoms with Crippen molar-refractivity contribution in [2.45, 2.75) is 19.9 Å². The molecule has 7 heteroatoms. The Hall–Kier alpha value is -1.73. The van der Waals surface area contributed by atoms with Crippen molar-refractivity contribution in [2.24, 2.45) is 7.05 Å². The number of nitrogens with one attached hydrogen (secondary N) is 1. The summed E-state index contributed by atoms with van der Waals surface area (Å²) in [6, 6.07) is 0. The molecule has 0 aliphatic carbocycles. The van der Waals surface area contributed by atoms with Crippen LogP contribution in [0.2, 0.25) is 0 Å². The van der Waals surface area contributed by atoms with Gasteiger partial charge in [-0.2, -0.15) is 0 Å². The lowest BCUT2D eigenvalue weighted by molar-refractivity contribution is 0.641.